The second kappa shape index (κ2) is 7.77. The molecule has 1 aliphatic rings. The van der Waals surface area contributed by atoms with Crippen molar-refractivity contribution in [2.45, 2.75) is 18.9 Å². The van der Waals surface area contributed by atoms with Crippen molar-refractivity contribution in [2.24, 2.45) is 0 Å². The Morgan fingerprint density at radius 1 is 1.23 bits per heavy atom. The fraction of sp³-hybridized carbons (Fsp3) is 0.353. The molecule has 2 heterocycles. The standard InChI is InChI=1S/C17H18N4O5/c1-25-17-18-9-6-15(19-17)26-14-7-10-20(11-8-14)16(22)12-2-4-13(5-3-12)21(23)24/h2-6,9,14H,7-8,10-11H2,1H3. The molecule has 2 aromatic rings. The number of benzene rings is 1. The van der Waals surface area contributed by atoms with Gasteiger partial charge in [-0.05, 0) is 12.1 Å². The Bertz CT molecular complexity index is 788. The highest BCUT2D eigenvalue weighted by Crippen LogP contribution is 2.20. The van der Waals surface area contributed by atoms with Crippen LogP contribution in [0.5, 0.6) is 11.9 Å². The summed E-state index contributed by atoms with van der Waals surface area (Å²) in [7, 11) is 1.49. The maximum Gasteiger partial charge on any atom is 0.319 e. The van der Waals surface area contributed by atoms with Crippen molar-refractivity contribution in [2.75, 3.05) is 20.2 Å². The van der Waals surface area contributed by atoms with Crippen molar-refractivity contribution in [3.05, 3.63) is 52.2 Å². The first-order chi connectivity index (χ1) is 12.6. The van der Waals surface area contributed by atoms with E-state index in [4.69, 9.17) is 9.47 Å². The van der Waals surface area contributed by atoms with Crippen molar-refractivity contribution in [3.8, 4) is 11.9 Å². The van der Waals surface area contributed by atoms with Gasteiger partial charge in [-0.15, -0.1) is 0 Å². The van der Waals surface area contributed by atoms with E-state index in [9.17, 15) is 14.9 Å². The molecule has 1 aromatic heterocycles. The number of likely N-dealkylation sites (tertiary alicyclic amines) is 1. The van der Waals surface area contributed by atoms with Crippen LogP contribution < -0.4 is 9.47 Å². The maximum absolute atomic E-state index is 12.5. The summed E-state index contributed by atoms with van der Waals surface area (Å²) in [6.07, 6.45) is 2.86. The van der Waals surface area contributed by atoms with Crippen LogP contribution in [0.2, 0.25) is 0 Å². The number of nitro groups is 1. The first-order valence-corrected chi connectivity index (χ1v) is 8.14. The van der Waals surface area contributed by atoms with Gasteiger partial charge in [0.15, 0.2) is 0 Å². The molecule has 26 heavy (non-hydrogen) atoms. The molecule has 1 fully saturated rings. The molecule has 136 valence electrons. The van der Waals surface area contributed by atoms with Crippen LogP contribution in [-0.4, -0.2) is 52.0 Å². The molecular weight excluding hydrogens is 340 g/mol. The molecule has 0 radical (unpaired) electrons. The van der Waals surface area contributed by atoms with Crippen LogP contribution >= 0.6 is 0 Å². The predicted octanol–water partition coefficient (Wildman–Crippen LogP) is 2.08. The van der Waals surface area contributed by atoms with Crippen molar-refractivity contribution in [1.29, 1.82) is 0 Å². The van der Waals surface area contributed by atoms with Gasteiger partial charge in [0.2, 0.25) is 5.88 Å². The smallest absolute Gasteiger partial charge is 0.319 e. The molecule has 1 saturated heterocycles. The Morgan fingerprint density at radius 3 is 2.54 bits per heavy atom. The second-order valence-corrected chi connectivity index (χ2v) is 5.79. The molecule has 1 amide bonds. The van der Waals surface area contributed by atoms with E-state index in [0.717, 1.165) is 0 Å². The van der Waals surface area contributed by atoms with E-state index in [1.807, 2.05) is 0 Å². The summed E-state index contributed by atoms with van der Waals surface area (Å²) in [6.45, 7) is 1.09. The number of rotatable bonds is 5. The molecule has 0 aliphatic carbocycles. The van der Waals surface area contributed by atoms with Crippen molar-refractivity contribution < 1.29 is 19.2 Å². The summed E-state index contributed by atoms with van der Waals surface area (Å²) >= 11 is 0. The maximum atomic E-state index is 12.5. The number of aromatic nitrogens is 2. The molecular formula is C17H18N4O5. The molecule has 0 atom stereocenters. The third-order valence-corrected chi connectivity index (χ3v) is 4.13. The van der Waals surface area contributed by atoms with Gasteiger partial charge in [-0.3, -0.25) is 14.9 Å². The number of non-ortho nitro benzene ring substituents is 1. The van der Waals surface area contributed by atoms with Gasteiger partial charge in [-0.25, -0.2) is 4.98 Å². The normalized spacial score (nSPS) is 14.7. The fourth-order valence-electron chi connectivity index (χ4n) is 2.74. The highest BCUT2D eigenvalue weighted by Gasteiger charge is 2.25. The van der Waals surface area contributed by atoms with E-state index in [-0.39, 0.29) is 23.7 Å². The highest BCUT2D eigenvalue weighted by molar-refractivity contribution is 5.94. The van der Waals surface area contributed by atoms with Crippen LogP contribution in [0.1, 0.15) is 23.2 Å². The zero-order chi connectivity index (χ0) is 18.5. The SMILES string of the molecule is COc1nccc(OC2CCN(C(=O)c3ccc([N+](=O)[O-])cc3)CC2)n1. The minimum atomic E-state index is -0.487. The second-order valence-electron chi connectivity index (χ2n) is 5.79. The topological polar surface area (TPSA) is 108 Å². The van der Waals surface area contributed by atoms with Crippen LogP contribution in [-0.2, 0) is 0 Å². The summed E-state index contributed by atoms with van der Waals surface area (Å²) in [6, 6.07) is 7.55. The predicted molar refractivity (Wildman–Crippen MR) is 91.2 cm³/mol. The molecule has 0 spiro atoms. The van der Waals surface area contributed by atoms with Gasteiger partial charge in [0.05, 0.1) is 12.0 Å². The van der Waals surface area contributed by atoms with Crippen molar-refractivity contribution in [3.63, 3.8) is 0 Å². The molecule has 3 rings (SSSR count). The molecule has 0 N–H and O–H groups in total. The van der Waals surface area contributed by atoms with Crippen LogP contribution in [0.15, 0.2) is 36.5 Å². The van der Waals surface area contributed by atoms with Gasteiger partial charge in [0.25, 0.3) is 11.6 Å². The molecule has 0 bridgehead atoms. The quantitative estimate of drug-likeness (QED) is 0.595. The number of ether oxygens (including phenoxy) is 2. The average molecular weight is 358 g/mol. The third kappa shape index (κ3) is 4.05. The number of carbonyl (C=O) groups is 1. The first-order valence-electron chi connectivity index (χ1n) is 8.14. The van der Waals surface area contributed by atoms with E-state index in [2.05, 4.69) is 9.97 Å². The average Bonchev–Trinajstić information content (AvgIpc) is 2.68. The molecule has 1 aliphatic heterocycles. The number of piperidine rings is 1. The van der Waals surface area contributed by atoms with Crippen LogP contribution in [0.25, 0.3) is 0 Å². The number of amides is 1. The lowest BCUT2D eigenvalue weighted by molar-refractivity contribution is -0.384. The Balaban J connectivity index is 1.55. The summed E-state index contributed by atoms with van der Waals surface area (Å²) in [5, 5.41) is 10.7. The summed E-state index contributed by atoms with van der Waals surface area (Å²) in [4.78, 5) is 32.5. The molecule has 0 saturated carbocycles. The van der Waals surface area contributed by atoms with E-state index in [1.165, 1.54) is 31.4 Å². The van der Waals surface area contributed by atoms with Gasteiger partial charge >= 0.3 is 6.01 Å². The Hall–Kier alpha value is -3.23. The van der Waals surface area contributed by atoms with Gasteiger partial charge in [0.1, 0.15) is 6.10 Å². The lowest BCUT2D eigenvalue weighted by Crippen LogP contribution is -2.41. The number of nitro benzene ring substituents is 1. The third-order valence-electron chi connectivity index (χ3n) is 4.13. The van der Waals surface area contributed by atoms with E-state index >= 15 is 0 Å². The van der Waals surface area contributed by atoms with E-state index in [0.29, 0.717) is 37.4 Å². The van der Waals surface area contributed by atoms with Gasteiger partial charge in [-0.2, -0.15) is 4.98 Å². The minimum absolute atomic E-state index is 0.0334. The van der Waals surface area contributed by atoms with Crippen LogP contribution in [0, 0.1) is 10.1 Å². The monoisotopic (exact) mass is 358 g/mol. The lowest BCUT2D eigenvalue weighted by Gasteiger charge is -2.32. The number of carbonyl (C=O) groups excluding carboxylic acids is 1. The van der Waals surface area contributed by atoms with Crippen LogP contribution in [0.4, 0.5) is 5.69 Å². The Morgan fingerprint density at radius 2 is 1.92 bits per heavy atom. The fourth-order valence-corrected chi connectivity index (χ4v) is 2.74. The molecule has 9 nitrogen and oxygen atoms in total. The summed E-state index contributed by atoms with van der Waals surface area (Å²) < 4.78 is 10.8. The number of hydrogen-bond acceptors (Lipinski definition) is 7. The van der Waals surface area contributed by atoms with Gasteiger partial charge in [-0.1, -0.05) is 0 Å². The largest absolute Gasteiger partial charge is 0.474 e. The van der Waals surface area contributed by atoms with E-state index in [1.54, 1.807) is 17.2 Å². The number of hydrogen-bond donors (Lipinski definition) is 0. The number of methoxy groups -OCH3 is 1. The molecule has 1 aromatic carbocycles. The Labute approximate surface area is 149 Å². The Kier molecular flexibility index (Phi) is 5.26. The highest BCUT2D eigenvalue weighted by atomic mass is 16.6. The summed E-state index contributed by atoms with van der Waals surface area (Å²) in [5.74, 6) is 0.305. The molecule has 9 heteroatoms. The van der Waals surface area contributed by atoms with Gasteiger partial charge < -0.3 is 14.4 Å². The van der Waals surface area contributed by atoms with Crippen LogP contribution in [0.3, 0.4) is 0 Å². The molecule has 0 unspecified atom stereocenters. The number of nitrogens with zero attached hydrogens (tertiary/aromatic N) is 4. The first kappa shape index (κ1) is 17.6. The zero-order valence-electron chi connectivity index (χ0n) is 14.2. The summed E-state index contributed by atoms with van der Waals surface area (Å²) in [5.41, 5.74) is 0.407. The minimum Gasteiger partial charge on any atom is -0.474 e. The lowest BCUT2D eigenvalue weighted by atomic mass is 10.1. The van der Waals surface area contributed by atoms with E-state index < -0.39 is 4.92 Å². The van der Waals surface area contributed by atoms with Gasteiger partial charge in [0, 0.05) is 55.9 Å². The van der Waals surface area contributed by atoms with Crippen molar-refractivity contribution in [1.82, 2.24) is 14.9 Å². The zero-order valence-corrected chi connectivity index (χ0v) is 14.2. The van der Waals surface area contributed by atoms with Crippen molar-refractivity contribution >= 4 is 11.6 Å².